The highest BCUT2D eigenvalue weighted by Gasteiger charge is 2.22. The summed E-state index contributed by atoms with van der Waals surface area (Å²) in [6.07, 6.45) is 0.925. The van der Waals surface area contributed by atoms with Crippen molar-refractivity contribution >= 4 is 18.3 Å². The van der Waals surface area contributed by atoms with E-state index in [0.29, 0.717) is 12.8 Å². The molecule has 0 aromatic rings. The van der Waals surface area contributed by atoms with Gasteiger partial charge in [0.15, 0.2) is 0 Å². The fourth-order valence-electron chi connectivity index (χ4n) is 1.21. The highest BCUT2D eigenvalue weighted by Crippen LogP contribution is 2.05. The lowest BCUT2D eigenvalue weighted by Crippen LogP contribution is -2.45. The second-order valence-electron chi connectivity index (χ2n) is 3.77. The topological polar surface area (TPSA) is 84.5 Å². The molecule has 0 spiro atoms. The summed E-state index contributed by atoms with van der Waals surface area (Å²) in [6.45, 7) is 3.73. The van der Waals surface area contributed by atoms with E-state index in [-0.39, 0.29) is 12.5 Å². The molecule has 16 heavy (non-hydrogen) atoms. The lowest BCUT2D eigenvalue weighted by Gasteiger charge is -2.18. The number of rotatable bonds is 7. The molecule has 0 aromatic carbocycles. The summed E-state index contributed by atoms with van der Waals surface area (Å²) in [6, 6.07) is -0.661. The lowest BCUT2D eigenvalue weighted by atomic mass is 10.0. The molecule has 0 unspecified atom stereocenters. The van der Waals surface area contributed by atoms with Gasteiger partial charge in [0.25, 0.3) is 0 Å². The Kier molecular flexibility index (Phi) is 6.91. The number of ether oxygens (including phenoxy) is 1. The van der Waals surface area contributed by atoms with E-state index in [1.165, 1.54) is 7.11 Å². The van der Waals surface area contributed by atoms with Crippen molar-refractivity contribution in [2.45, 2.75) is 26.3 Å². The first kappa shape index (κ1) is 14.4. The maximum atomic E-state index is 11.3. The van der Waals surface area contributed by atoms with Gasteiger partial charge in [0.2, 0.25) is 12.3 Å². The van der Waals surface area contributed by atoms with E-state index in [9.17, 15) is 14.4 Å². The van der Waals surface area contributed by atoms with Gasteiger partial charge in [-0.2, -0.15) is 0 Å². The van der Waals surface area contributed by atoms with Gasteiger partial charge in [0.1, 0.15) is 6.04 Å². The summed E-state index contributed by atoms with van der Waals surface area (Å²) in [7, 11) is 1.27. The Morgan fingerprint density at radius 2 is 2.00 bits per heavy atom. The highest BCUT2D eigenvalue weighted by atomic mass is 16.5. The zero-order chi connectivity index (χ0) is 12.6. The van der Waals surface area contributed by atoms with E-state index in [1.807, 2.05) is 13.8 Å². The third kappa shape index (κ3) is 6.00. The molecule has 92 valence electrons. The summed E-state index contributed by atoms with van der Waals surface area (Å²) in [5.74, 6) is -0.639. The van der Waals surface area contributed by atoms with Crippen LogP contribution >= 0.6 is 0 Å². The predicted molar refractivity (Wildman–Crippen MR) is 57.5 cm³/mol. The SMILES string of the molecule is COC(=O)[C@H](CC(C)C)NC(=O)CNC=O. The molecule has 0 saturated carbocycles. The minimum absolute atomic E-state index is 0.144. The lowest BCUT2D eigenvalue weighted by molar-refractivity contribution is -0.145. The molecular formula is C10H18N2O4. The van der Waals surface area contributed by atoms with Crippen molar-refractivity contribution in [1.82, 2.24) is 10.6 Å². The van der Waals surface area contributed by atoms with Gasteiger partial charge < -0.3 is 15.4 Å². The van der Waals surface area contributed by atoms with E-state index in [2.05, 4.69) is 15.4 Å². The quantitative estimate of drug-likeness (QED) is 0.453. The number of nitrogens with one attached hydrogen (secondary N) is 2. The molecule has 0 fully saturated rings. The molecule has 0 saturated heterocycles. The van der Waals surface area contributed by atoms with E-state index >= 15 is 0 Å². The van der Waals surface area contributed by atoms with Crippen molar-refractivity contribution < 1.29 is 19.1 Å². The molecule has 0 aliphatic heterocycles. The predicted octanol–water partition coefficient (Wildman–Crippen LogP) is -0.564. The number of carbonyl (C=O) groups is 3. The first-order valence-electron chi connectivity index (χ1n) is 5.05. The van der Waals surface area contributed by atoms with E-state index in [1.54, 1.807) is 0 Å². The molecular weight excluding hydrogens is 212 g/mol. The molecule has 0 aliphatic carbocycles. The second-order valence-corrected chi connectivity index (χ2v) is 3.77. The maximum absolute atomic E-state index is 11.3. The first-order valence-corrected chi connectivity index (χ1v) is 5.05. The molecule has 0 heterocycles. The standard InChI is InChI=1S/C10H18N2O4/c1-7(2)4-8(10(15)16-3)12-9(14)5-11-6-13/h6-8H,4-5H2,1-3H3,(H,11,13)(H,12,14)/t8-/m0/s1. The molecule has 2 amide bonds. The van der Waals surface area contributed by atoms with Crippen molar-refractivity contribution in [2.24, 2.45) is 5.92 Å². The van der Waals surface area contributed by atoms with Crippen molar-refractivity contribution in [3.05, 3.63) is 0 Å². The Balaban J connectivity index is 4.24. The monoisotopic (exact) mass is 230 g/mol. The Bertz CT molecular complexity index is 253. The summed E-state index contributed by atoms with van der Waals surface area (Å²) in [4.78, 5) is 32.6. The first-order chi connectivity index (χ1) is 7.51. The molecule has 2 N–H and O–H groups in total. The van der Waals surface area contributed by atoms with Gasteiger partial charge in [-0.05, 0) is 12.3 Å². The van der Waals surface area contributed by atoms with Crippen LogP contribution in [0.15, 0.2) is 0 Å². The average molecular weight is 230 g/mol. The van der Waals surface area contributed by atoms with Gasteiger partial charge in [-0.25, -0.2) is 4.79 Å². The minimum atomic E-state index is -0.661. The van der Waals surface area contributed by atoms with Crippen LogP contribution in [0.5, 0.6) is 0 Å². The fraction of sp³-hybridized carbons (Fsp3) is 0.700. The molecule has 6 heteroatoms. The van der Waals surface area contributed by atoms with Crippen molar-refractivity contribution in [3.8, 4) is 0 Å². The van der Waals surface area contributed by atoms with Crippen molar-refractivity contribution in [2.75, 3.05) is 13.7 Å². The molecule has 1 atom stereocenters. The number of methoxy groups -OCH3 is 1. The average Bonchev–Trinajstić information content (AvgIpc) is 2.23. The molecule has 0 radical (unpaired) electrons. The Morgan fingerprint density at radius 1 is 1.38 bits per heavy atom. The van der Waals surface area contributed by atoms with Gasteiger partial charge in [-0.3, -0.25) is 9.59 Å². The third-order valence-electron chi connectivity index (χ3n) is 1.87. The maximum Gasteiger partial charge on any atom is 0.328 e. The van der Waals surface area contributed by atoms with Crippen LogP contribution in [-0.2, 0) is 19.1 Å². The number of carbonyl (C=O) groups excluding carboxylic acids is 3. The molecule has 0 aromatic heterocycles. The largest absolute Gasteiger partial charge is 0.467 e. The summed E-state index contributed by atoms with van der Waals surface area (Å²) < 4.78 is 4.57. The van der Waals surface area contributed by atoms with Crippen LogP contribution in [0.1, 0.15) is 20.3 Å². The third-order valence-corrected chi connectivity index (χ3v) is 1.87. The van der Waals surface area contributed by atoms with Crippen LogP contribution in [0.2, 0.25) is 0 Å². The van der Waals surface area contributed by atoms with Gasteiger partial charge in [-0.15, -0.1) is 0 Å². The van der Waals surface area contributed by atoms with E-state index in [0.717, 1.165) is 0 Å². The fourth-order valence-corrected chi connectivity index (χ4v) is 1.21. The Hall–Kier alpha value is -1.59. The van der Waals surface area contributed by atoms with Crippen LogP contribution in [0.3, 0.4) is 0 Å². The van der Waals surface area contributed by atoms with Crippen LogP contribution in [0, 0.1) is 5.92 Å². The van der Waals surface area contributed by atoms with Crippen LogP contribution in [0.25, 0.3) is 0 Å². The molecule has 0 rings (SSSR count). The molecule has 0 bridgehead atoms. The van der Waals surface area contributed by atoms with Crippen LogP contribution in [-0.4, -0.2) is 38.0 Å². The van der Waals surface area contributed by atoms with Gasteiger partial charge in [0.05, 0.1) is 13.7 Å². The van der Waals surface area contributed by atoms with Gasteiger partial charge in [-0.1, -0.05) is 13.8 Å². The zero-order valence-electron chi connectivity index (χ0n) is 9.78. The second kappa shape index (κ2) is 7.67. The number of hydrogen-bond donors (Lipinski definition) is 2. The van der Waals surface area contributed by atoms with E-state index < -0.39 is 17.9 Å². The minimum Gasteiger partial charge on any atom is -0.467 e. The smallest absolute Gasteiger partial charge is 0.328 e. The number of esters is 1. The van der Waals surface area contributed by atoms with Gasteiger partial charge >= 0.3 is 5.97 Å². The molecule has 6 nitrogen and oxygen atoms in total. The number of hydrogen-bond acceptors (Lipinski definition) is 4. The normalized spacial score (nSPS) is 11.8. The van der Waals surface area contributed by atoms with Crippen molar-refractivity contribution in [3.63, 3.8) is 0 Å². The van der Waals surface area contributed by atoms with Crippen LogP contribution < -0.4 is 10.6 Å². The summed E-state index contributed by atoms with van der Waals surface area (Å²) in [5.41, 5.74) is 0. The summed E-state index contributed by atoms with van der Waals surface area (Å²) >= 11 is 0. The van der Waals surface area contributed by atoms with Gasteiger partial charge in [0, 0.05) is 0 Å². The highest BCUT2D eigenvalue weighted by molar-refractivity contribution is 5.86. The number of amides is 2. The zero-order valence-corrected chi connectivity index (χ0v) is 9.78. The van der Waals surface area contributed by atoms with Crippen molar-refractivity contribution in [1.29, 1.82) is 0 Å². The Labute approximate surface area is 94.7 Å². The molecule has 0 aliphatic rings. The Morgan fingerprint density at radius 3 is 2.44 bits per heavy atom. The summed E-state index contributed by atoms with van der Waals surface area (Å²) in [5, 5.41) is 4.72. The van der Waals surface area contributed by atoms with Crippen LogP contribution in [0.4, 0.5) is 0 Å². The van der Waals surface area contributed by atoms with E-state index in [4.69, 9.17) is 0 Å².